The molecule has 104 valence electrons. The molecule has 0 aliphatic carbocycles. The van der Waals surface area contributed by atoms with E-state index in [9.17, 15) is 0 Å². The summed E-state index contributed by atoms with van der Waals surface area (Å²) >= 11 is 5.09. The van der Waals surface area contributed by atoms with Gasteiger partial charge in [-0.2, -0.15) is 0 Å². The van der Waals surface area contributed by atoms with E-state index in [4.69, 9.17) is 4.74 Å². The fraction of sp³-hybridized carbons (Fsp3) is 0.615. The fourth-order valence-corrected chi connectivity index (χ4v) is 3.43. The molecule has 0 aromatic carbocycles. The van der Waals surface area contributed by atoms with Crippen LogP contribution >= 0.6 is 27.3 Å². The van der Waals surface area contributed by atoms with Crippen LogP contribution in [0.4, 0.5) is 0 Å². The number of piperidine rings is 1. The molecular formula is C13H18BrN3OS. The lowest BCUT2D eigenvalue weighted by molar-refractivity contribution is 0.0139. The average molecular weight is 344 g/mol. The molecule has 2 aromatic rings. The van der Waals surface area contributed by atoms with Crippen molar-refractivity contribution in [1.29, 1.82) is 0 Å². The number of hydrogen-bond acceptors (Lipinski definition) is 4. The summed E-state index contributed by atoms with van der Waals surface area (Å²) in [6.07, 6.45) is 6.92. The van der Waals surface area contributed by atoms with Crippen LogP contribution in [-0.2, 0) is 11.3 Å². The number of thiazole rings is 1. The van der Waals surface area contributed by atoms with E-state index in [1.807, 2.05) is 0 Å². The number of rotatable bonds is 5. The highest BCUT2D eigenvalue weighted by atomic mass is 79.9. The Kier molecular flexibility index (Phi) is 4.53. The molecule has 1 saturated heterocycles. The maximum atomic E-state index is 5.77. The van der Waals surface area contributed by atoms with Gasteiger partial charge in [0.2, 0.25) is 0 Å². The highest BCUT2D eigenvalue weighted by Crippen LogP contribution is 2.17. The summed E-state index contributed by atoms with van der Waals surface area (Å²) in [6.45, 7) is 4.00. The van der Waals surface area contributed by atoms with Gasteiger partial charge in [-0.15, -0.1) is 11.3 Å². The quantitative estimate of drug-likeness (QED) is 0.782. The lowest BCUT2D eigenvalue weighted by Gasteiger charge is -2.31. The first-order chi connectivity index (χ1) is 9.35. The Balaban J connectivity index is 1.50. The molecule has 0 spiro atoms. The molecule has 0 N–H and O–H groups in total. The summed E-state index contributed by atoms with van der Waals surface area (Å²) < 4.78 is 7.88. The second kappa shape index (κ2) is 6.35. The zero-order valence-corrected chi connectivity index (χ0v) is 13.2. The van der Waals surface area contributed by atoms with Gasteiger partial charge in [-0.25, -0.2) is 4.98 Å². The van der Waals surface area contributed by atoms with E-state index in [1.165, 1.54) is 5.69 Å². The molecule has 6 heteroatoms. The van der Waals surface area contributed by atoms with E-state index >= 15 is 0 Å². The molecule has 1 aliphatic rings. The van der Waals surface area contributed by atoms with E-state index in [0.717, 1.165) is 49.4 Å². The minimum absolute atomic E-state index is 0.444. The molecule has 1 fully saturated rings. The third-order valence-electron chi connectivity index (χ3n) is 3.49. The number of hydrogen-bond donors (Lipinski definition) is 0. The molecule has 3 heterocycles. The van der Waals surface area contributed by atoms with Crippen LogP contribution in [-0.4, -0.2) is 45.4 Å². The van der Waals surface area contributed by atoms with Gasteiger partial charge >= 0.3 is 0 Å². The first kappa shape index (κ1) is 13.5. The van der Waals surface area contributed by atoms with Gasteiger partial charge < -0.3 is 4.74 Å². The van der Waals surface area contributed by atoms with Crippen molar-refractivity contribution in [2.24, 2.45) is 0 Å². The predicted octanol–water partition coefficient (Wildman–Crippen LogP) is 2.77. The van der Waals surface area contributed by atoms with Crippen LogP contribution in [0.5, 0.6) is 0 Å². The summed E-state index contributed by atoms with van der Waals surface area (Å²) in [5, 5.41) is 3.00. The van der Waals surface area contributed by atoms with Gasteiger partial charge in [-0.3, -0.25) is 9.30 Å². The van der Waals surface area contributed by atoms with Gasteiger partial charge in [0.15, 0.2) is 4.96 Å². The Bertz CT molecular complexity index is 490. The van der Waals surface area contributed by atoms with Crippen molar-refractivity contribution in [2.45, 2.75) is 25.5 Å². The number of nitrogens with zero attached hydrogens (tertiary/aromatic N) is 3. The SMILES string of the molecule is BrCCOC1CCN(Cc2cn3ccsc3n2)CC1. The predicted molar refractivity (Wildman–Crippen MR) is 81.1 cm³/mol. The maximum absolute atomic E-state index is 5.77. The van der Waals surface area contributed by atoms with Crippen molar-refractivity contribution in [2.75, 3.05) is 25.0 Å². The van der Waals surface area contributed by atoms with Crippen LogP contribution in [0, 0.1) is 0 Å². The zero-order valence-electron chi connectivity index (χ0n) is 10.8. The van der Waals surface area contributed by atoms with E-state index < -0.39 is 0 Å². The van der Waals surface area contributed by atoms with Crippen molar-refractivity contribution in [1.82, 2.24) is 14.3 Å². The van der Waals surface area contributed by atoms with E-state index in [-0.39, 0.29) is 0 Å². The number of likely N-dealkylation sites (tertiary alicyclic amines) is 1. The van der Waals surface area contributed by atoms with Crippen LogP contribution in [0.15, 0.2) is 17.8 Å². The molecule has 0 amide bonds. The number of alkyl halides is 1. The molecule has 2 aromatic heterocycles. The molecule has 19 heavy (non-hydrogen) atoms. The Morgan fingerprint density at radius 1 is 1.42 bits per heavy atom. The Labute approximate surface area is 125 Å². The third kappa shape index (κ3) is 3.37. The highest BCUT2D eigenvalue weighted by molar-refractivity contribution is 9.09. The summed E-state index contributed by atoms with van der Waals surface area (Å²) in [7, 11) is 0. The maximum Gasteiger partial charge on any atom is 0.193 e. The first-order valence-corrected chi connectivity index (χ1v) is 8.66. The minimum atomic E-state index is 0.444. The van der Waals surface area contributed by atoms with Gasteiger partial charge in [0.25, 0.3) is 0 Å². The Hall–Kier alpha value is -0.430. The van der Waals surface area contributed by atoms with Crippen molar-refractivity contribution in [3.63, 3.8) is 0 Å². The van der Waals surface area contributed by atoms with Gasteiger partial charge in [0.1, 0.15) is 0 Å². The van der Waals surface area contributed by atoms with Crippen molar-refractivity contribution in [3.8, 4) is 0 Å². The number of fused-ring (bicyclic) bond motifs is 1. The standard InChI is InChI=1S/C13H18BrN3OS/c14-3-7-18-12-1-4-16(5-2-12)9-11-10-17-6-8-19-13(17)15-11/h6,8,10,12H,1-5,7,9H2. The van der Waals surface area contributed by atoms with Crippen LogP contribution in [0.25, 0.3) is 4.96 Å². The van der Waals surface area contributed by atoms with Crippen LogP contribution in [0.1, 0.15) is 18.5 Å². The molecule has 0 unspecified atom stereocenters. The third-order valence-corrected chi connectivity index (χ3v) is 4.59. The van der Waals surface area contributed by atoms with E-state index in [2.05, 4.69) is 48.0 Å². The summed E-state index contributed by atoms with van der Waals surface area (Å²) in [4.78, 5) is 8.20. The van der Waals surface area contributed by atoms with Crippen molar-refractivity contribution in [3.05, 3.63) is 23.5 Å². The molecule has 0 atom stereocenters. The minimum Gasteiger partial charge on any atom is -0.377 e. The van der Waals surface area contributed by atoms with Crippen LogP contribution in [0.3, 0.4) is 0 Å². The normalized spacial score (nSPS) is 18.4. The Morgan fingerprint density at radius 3 is 3.00 bits per heavy atom. The van der Waals surface area contributed by atoms with E-state index in [0.29, 0.717) is 6.10 Å². The number of imidazole rings is 1. The molecule has 0 saturated carbocycles. The second-order valence-electron chi connectivity index (χ2n) is 4.86. The molecule has 4 nitrogen and oxygen atoms in total. The topological polar surface area (TPSA) is 29.8 Å². The summed E-state index contributed by atoms with van der Waals surface area (Å²) in [5.74, 6) is 0. The first-order valence-electron chi connectivity index (χ1n) is 6.66. The van der Waals surface area contributed by atoms with Crippen molar-refractivity contribution >= 4 is 32.2 Å². The number of aromatic nitrogens is 2. The molecule has 3 rings (SSSR count). The number of halogens is 1. The lowest BCUT2D eigenvalue weighted by Crippen LogP contribution is -2.36. The van der Waals surface area contributed by atoms with Crippen LogP contribution < -0.4 is 0 Å². The smallest absolute Gasteiger partial charge is 0.193 e. The van der Waals surface area contributed by atoms with Gasteiger partial charge in [0.05, 0.1) is 18.4 Å². The highest BCUT2D eigenvalue weighted by Gasteiger charge is 2.20. The monoisotopic (exact) mass is 343 g/mol. The van der Waals surface area contributed by atoms with Crippen molar-refractivity contribution < 1.29 is 4.74 Å². The molecule has 0 bridgehead atoms. The largest absolute Gasteiger partial charge is 0.377 e. The second-order valence-corrected chi connectivity index (χ2v) is 6.53. The fourth-order valence-electron chi connectivity index (χ4n) is 2.53. The zero-order chi connectivity index (χ0) is 13.1. The van der Waals surface area contributed by atoms with E-state index in [1.54, 1.807) is 11.3 Å². The molecular weight excluding hydrogens is 326 g/mol. The molecule has 1 aliphatic heterocycles. The van der Waals surface area contributed by atoms with Crippen LogP contribution in [0.2, 0.25) is 0 Å². The molecule has 0 radical (unpaired) electrons. The summed E-state index contributed by atoms with van der Waals surface area (Å²) in [6, 6.07) is 0. The summed E-state index contributed by atoms with van der Waals surface area (Å²) in [5.41, 5.74) is 1.17. The average Bonchev–Trinajstić information content (AvgIpc) is 2.99. The van der Waals surface area contributed by atoms with Gasteiger partial charge in [-0.1, -0.05) is 15.9 Å². The lowest BCUT2D eigenvalue weighted by atomic mass is 10.1. The van der Waals surface area contributed by atoms with Gasteiger partial charge in [-0.05, 0) is 12.8 Å². The number of ether oxygens (including phenoxy) is 1. The van der Waals surface area contributed by atoms with Gasteiger partial charge in [0, 0.05) is 42.7 Å². The Morgan fingerprint density at radius 2 is 2.26 bits per heavy atom.